The lowest BCUT2D eigenvalue weighted by Crippen LogP contribution is -2.12. The number of aromatic nitrogens is 4. The van der Waals surface area contributed by atoms with Crippen molar-refractivity contribution in [1.29, 1.82) is 0 Å². The minimum atomic E-state index is -0.0820. The first-order valence-corrected chi connectivity index (χ1v) is 7.74. The van der Waals surface area contributed by atoms with Gasteiger partial charge in [0.1, 0.15) is 6.26 Å². The van der Waals surface area contributed by atoms with Gasteiger partial charge in [0.2, 0.25) is 5.13 Å². The molecule has 0 radical (unpaired) electrons. The van der Waals surface area contributed by atoms with Gasteiger partial charge in [-0.25, -0.2) is 9.97 Å². The van der Waals surface area contributed by atoms with Gasteiger partial charge < -0.3 is 4.42 Å². The van der Waals surface area contributed by atoms with E-state index in [1.807, 2.05) is 42.6 Å². The van der Waals surface area contributed by atoms with Crippen LogP contribution in [-0.2, 0) is 0 Å². The van der Waals surface area contributed by atoms with Gasteiger partial charge >= 0.3 is 0 Å². The van der Waals surface area contributed by atoms with Crippen molar-refractivity contribution in [3.63, 3.8) is 0 Å². The minimum Gasteiger partial charge on any atom is -0.452 e. The zero-order chi connectivity index (χ0) is 16.1. The van der Waals surface area contributed by atoms with Crippen LogP contribution >= 0.6 is 11.3 Å². The molecule has 0 unspecified atom stereocenters. The second-order valence-corrected chi connectivity index (χ2v) is 5.51. The molecular formula is C16H14N4O2S. The van der Waals surface area contributed by atoms with Gasteiger partial charge in [-0.2, -0.15) is 4.68 Å². The lowest BCUT2D eigenvalue weighted by atomic mass is 10.2. The van der Waals surface area contributed by atoms with Gasteiger partial charge in [-0.15, -0.1) is 11.3 Å². The summed E-state index contributed by atoms with van der Waals surface area (Å²) >= 11 is 1.45. The molecule has 116 valence electrons. The molecule has 0 saturated heterocycles. The fourth-order valence-corrected chi connectivity index (χ4v) is 2.74. The molecule has 0 amide bonds. The highest BCUT2D eigenvalue weighted by Gasteiger charge is 2.08. The topological polar surface area (TPSA) is 76.7 Å². The van der Waals surface area contributed by atoms with Crippen molar-refractivity contribution in [2.75, 3.05) is 0 Å². The average molecular weight is 326 g/mol. The fraction of sp³-hybridized carbons (Fsp3) is 0.0625. The van der Waals surface area contributed by atoms with E-state index in [9.17, 15) is 4.79 Å². The monoisotopic (exact) mass is 326 g/mol. The molecule has 23 heavy (non-hydrogen) atoms. The van der Waals surface area contributed by atoms with Crippen molar-refractivity contribution in [3.05, 3.63) is 76.7 Å². The van der Waals surface area contributed by atoms with E-state index in [0.29, 0.717) is 5.13 Å². The number of thiazole rings is 1. The second-order valence-electron chi connectivity index (χ2n) is 4.67. The summed E-state index contributed by atoms with van der Waals surface area (Å²) in [6, 6.07) is 11.5. The maximum absolute atomic E-state index is 11.7. The molecule has 0 spiro atoms. The van der Waals surface area contributed by atoms with Crippen LogP contribution in [0.2, 0.25) is 0 Å². The first kappa shape index (κ1) is 15.0. The highest BCUT2D eigenvalue weighted by molar-refractivity contribution is 7.12. The number of H-pyrrole nitrogens is 1. The molecule has 0 bridgehead atoms. The summed E-state index contributed by atoms with van der Waals surface area (Å²) in [4.78, 5) is 19.7. The number of aromatic amines is 1. The van der Waals surface area contributed by atoms with Crippen LogP contribution in [0.1, 0.15) is 5.69 Å². The van der Waals surface area contributed by atoms with E-state index < -0.39 is 0 Å². The van der Waals surface area contributed by atoms with Crippen molar-refractivity contribution in [2.45, 2.75) is 6.92 Å². The molecular weight excluding hydrogens is 312 g/mol. The van der Waals surface area contributed by atoms with Crippen molar-refractivity contribution in [3.8, 4) is 16.4 Å². The van der Waals surface area contributed by atoms with E-state index in [1.54, 1.807) is 12.3 Å². The van der Waals surface area contributed by atoms with Crippen molar-refractivity contribution >= 4 is 11.3 Å². The van der Waals surface area contributed by atoms with Gasteiger partial charge in [0.15, 0.2) is 6.39 Å². The second kappa shape index (κ2) is 6.89. The Morgan fingerprint density at radius 1 is 1.26 bits per heavy atom. The highest BCUT2D eigenvalue weighted by atomic mass is 32.1. The van der Waals surface area contributed by atoms with E-state index in [1.165, 1.54) is 28.7 Å². The van der Waals surface area contributed by atoms with Crippen LogP contribution in [0.5, 0.6) is 0 Å². The molecule has 0 atom stereocenters. The number of benzene rings is 1. The predicted molar refractivity (Wildman–Crippen MR) is 88.7 cm³/mol. The zero-order valence-electron chi connectivity index (χ0n) is 12.3. The van der Waals surface area contributed by atoms with Crippen molar-refractivity contribution in [1.82, 2.24) is 19.7 Å². The Labute approximate surface area is 136 Å². The van der Waals surface area contributed by atoms with E-state index in [0.717, 1.165) is 17.0 Å². The summed E-state index contributed by atoms with van der Waals surface area (Å²) in [7, 11) is 0. The lowest BCUT2D eigenvalue weighted by Gasteiger charge is -1.96. The SMILES string of the molecule is Cc1cc(=O)n(-c2nc(-c3ccccc3)cs2)[nH]1.c1cocn1. The Balaban J connectivity index is 0.000000267. The minimum absolute atomic E-state index is 0.0820. The first-order valence-electron chi connectivity index (χ1n) is 6.86. The van der Waals surface area contributed by atoms with Crippen LogP contribution in [0.15, 0.2) is 69.8 Å². The van der Waals surface area contributed by atoms with Gasteiger partial charge in [-0.3, -0.25) is 9.89 Å². The Morgan fingerprint density at radius 3 is 2.65 bits per heavy atom. The van der Waals surface area contributed by atoms with Crippen molar-refractivity contribution < 1.29 is 4.42 Å². The third-order valence-corrected chi connectivity index (χ3v) is 3.77. The molecule has 7 heteroatoms. The van der Waals surface area contributed by atoms with E-state index >= 15 is 0 Å². The molecule has 0 aliphatic carbocycles. The number of nitrogens with one attached hydrogen (secondary N) is 1. The Bertz CT molecular complexity index is 890. The third-order valence-electron chi connectivity index (χ3n) is 2.95. The standard InChI is InChI=1S/C13H11N3OS.C3H3NO/c1-9-7-12(17)16(15-9)13-14-11(8-18-13)10-5-3-2-4-6-10;1-2-5-3-4-1/h2-8,15H,1H3;1-3H. The number of hydrogen-bond donors (Lipinski definition) is 1. The third kappa shape index (κ3) is 3.64. The smallest absolute Gasteiger partial charge is 0.273 e. The molecule has 0 aliphatic heterocycles. The molecule has 4 aromatic rings. The quantitative estimate of drug-likeness (QED) is 0.613. The summed E-state index contributed by atoms with van der Waals surface area (Å²) < 4.78 is 5.94. The van der Waals surface area contributed by atoms with Crippen molar-refractivity contribution in [2.24, 2.45) is 0 Å². The average Bonchev–Trinajstić information content (AvgIpc) is 3.30. The number of aryl methyl sites for hydroxylation is 1. The molecule has 3 heterocycles. The molecule has 0 fully saturated rings. The maximum atomic E-state index is 11.7. The van der Waals surface area contributed by atoms with Crippen LogP contribution in [0.4, 0.5) is 0 Å². The van der Waals surface area contributed by atoms with Crippen LogP contribution < -0.4 is 5.56 Å². The summed E-state index contributed by atoms with van der Waals surface area (Å²) in [5.74, 6) is 0. The maximum Gasteiger partial charge on any atom is 0.273 e. The predicted octanol–water partition coefficient (Wildman–Crippen LogP) is 3.27. The van der Waals surface area contributed by atoms with Crippen LogP contribution in [0, 0.1) is 6.92 Å². The highest BCUT2D eigenvalue weighted by Crippen LogP contribution is 2.22. The Kier molecular flexibility index (Phi) is 4.49. The van der Waals surface area contributed by atoms with Crippen LogP contribution in [-0.4, -0.2) is 19.7 Å². The fourth-order valence-electron chi connectivity index (χ4n) is 1.94. The van der Waals surface area contributed by atoms with E-state index in [2.05, 4.69) is 19.5 Å². The number of nitrogens with zero attached hydrogens (tertiary/aromatic N) is 3. The molecule has 3 aromatic heterocycles. The molecule has 1 N–H and O–H groups in total. The molecule has 1 aromatic carbocycles. The normalized spacial score (nSPS) is 10.1. The van der Waals surface area contributed by atoms with Crippen LogP contribution in [0.3, 0.4) is 0 Å². The van der Waals surface area contributed by atoms with Gasteiger partial charge in [-0.05, 0) is 6.92 Å². The Morgan fingerprint density at radius 2 is 2.09 bits per heavy atom. The molecule has 0 saturated carbocycles. The number of hydrogen-bond acceptors (Lipinski definition) is 5. The molecule has 4 rings (SSSR count). The van der Waals surface area contributed by atoms with Gasteiger partial charge in [0.05, 0.1) is 11.9 Å². The summed E-state index contributed by atoms with van der Waals surface area (Å²) in [5.41, 5.74) is 2.68. The first-order chi connectivity index (χ1) is 11.2. The largest absolute Gasteiger partial charge is 0.452 e. The number of oxazole rings is 1. The summed E-state index contributed by atoms with van der Waals surface area (Å²) in [5, 5.41) is 5.59. The number of rotatable bonds is 2. The van der Waals surface area contributed by atoms with E-state index in [4.69, 9.17) is 0 Å². The lowest BCUT2D eigenvalue weighted by molar-refractivity contribution is 0.558. The summed E-state index contributed by atoms with van der Waals surface area (Å²) in [6.45, 7) is 1.85. The van der Waals surface area contributed by atoms with E-state index in [-0.39, 0.29) is 5.56 Å². The van der Waals surface area contributed by atoms with Gasteiger partial charge in [0, 0.05) is 22.7 Å². The Hall–Kier alpha value is -2.93. The zero-order valence-corrected chi connectivity index (χ0v) is 13.2. The van der Waals surface area contributed by atoms with Gasteiger partial charge in [0.25, 0.3) is 5.56 Å². The molecule has 0 aliphatic rings. The van der Waals surface area contributed by atoms with Gasteiger partial charge in [-0.1, -0.05) is 30.3 Å². The summed E-state index contributed by atoms with van der Waals surface area (Å²) in [6.07, 6.45) is 4.47. The molecule has 6 nitrogen and oxygen atoms in total. The van der Waals surface area contributed by atoms with Crippen LogP contribution in [0.25, 0.3) is 16.4 Å².